The molecule has 2 saturated heterocycles. The second-order valence-electron chi connectivity index (χ2n) is 6.27. The van der Waals surface area contributed by atoms with Crippen LogP contribution in [0.1, 0.15) is 35.1 Å². The van der Waals surface area contributed by atoms with Gasteiger partial charge in [-0.05, 0) is 24.6 Å². The van der Waals surface area contributed by atoms with Gasteiger partial charge in [-0.2, -0.15) is 5.10 Å². The van der Waals surface area contributed by atoms with E-state index < -0.39 is 17.8 Å². The topological polar surface area (TPSA) is 91.4 Å². The summed E-state index contributed by atoms with van der Waals surface area (Å²) in [5.41, 5.74) is 0.482. The summed E-state index contributed by atoms with van der Waals surface area (Å²) in [5, 5.41) is 6.55. The molecule has 1 aromatic carbocycles. The number of aromatic amines is 1. The summed E-state index contributed by atoms with van der Waals surface area (Å²) in [6, 6.07) is 3.75. The number of H-pyrrole nitrogens is 1. The summed E-state index contributed by atoms with van der Waals surface area (Å²) in [4.78, 5) is 32.2. The van der Waals surface area contributed by atoms with Crippen molar-refractivity contribution < 1.29 is 18.7 Å². The Balaban J connectivity index is 1.65. The first-order valence-electron chi connectivity index (χ1n) is 8.49. The Bertz CT molecular complexity index is 826. The average Bonchev–Trinajstić information content (AvgIpc) is 3.33. The lowest BCUT2D eigenvalue weighted by molar-refractivity contribution is -0.117. The minimum absolute atomic E-state index is 0.0130. The van der Waals surface area contributed by atoms with Gasteiger partial charge < -0.3 is 14.5 Å². The van der Waals surface area contributed by atoms with Crippen molar-refractivity contribution in [3.05, 3.63) is 41.7 Å². The normalized spacial score (nSPS) is 20.7. The van der Waals surface area contributed by atoms with Gasteiger partial charge in [0.25, 0.3) is 5.91 Å². The third-order valence-corrected chi connectivity index (χ3v) is 4.70. The molecule has 1 unspecified atom stereocenters. The van der Waals surface area contributed by atoms with Crippen molar-refractivity contribution in [3.8, 4) is 0 Å². The second-order valence-corrected chi connectivity index (χ2v) is 6.27. The van der Waals surface area contributed by atoms with E-state index in [0.29, 0.717) is 37.6 Å². The Morgan fingerprint density at radius 3 is 2.96 bits per heavy atom. The molecule has 0 saturated carbocycles. The van der Waals surface area contributed by atoms with Crippen molar-refractivity contribution in [2.45, 2.75) is 18.9 Å². The highest BCUT2D eigenvalue weighted by Crippen LogP contribution is 2.28. The quantitative estimate of drug-likeness (QED) is 0.892. The largest absolute Gasteiger partial charge is 0.377 e. The molecule has 26 heavy (non-hydrogen) atoms. The predicted molar refractivity (Wildman–Crippen MR) is 89.0 cm³/mol. The summed E-state index contributed by atoms with van der Waals surface area (Å²) in [7, 11) is 0. The fourth-order valence-corrected chi connectivity index (χ4v) is 3.37. The molecule has 0 aliphatic carbocycles. The zero-order chi connectivity index (χ0) is 18.1. The summed E-state index contributed by atoms with van der Waals surface area (Å²) in [5.74, 6) is -0.598. The van der Waals surface area contributed by atoms with Crippen molar-refractivity contribution in [3.63, 3.8) is 0 Å². The molecule has 1 N–H and O–H groups in total. The number of benzene rings is 1. The Morgan fingerprint density at radius 2 is 2.23 bits per heavy atom. The van der Waals surface area contributed by atoms with E-state index in [1.54, 1.807) is 4.90 Å². The molecule has 4 rings (SSSR count). The van der Waals surface area contributed by atoms with Gasteiger partial charge in [0.2, 0.25) is 5.91 Å². The van der Waals surface area contributed by atoms with Crippen LogP contribution in [0.4, 0.5) is 10.1 Å². The van der Waals surface area contributed by atoms with Crippen molar-refractivity contribution >= 4 is 17.5 Å². The Morgan fingerprint density at radius 1 is 1.35 bits per heavy atom. The van der Waals surface area contributed by atoms with Crippen molar-refractivity contribution in [1.29, 1.82) is 0 Å². The Kier molecular flexibility index (Phi) is 4.37. The van der Waals surface area contributed by atoms with Crippen LogP contribution >= 0.6 is 0 Å². The van der Waals surface area contributed by atoms with E-state index in [1.165, 1.54) is 29.4 Å². The Labute approximate surface area is 149 Å². The van der Waals surface area contributed by atoms with Crippen LogP contribution in [0.2, 0.25) is 0 Å². The molecule has 0 spiro atoms. The predicted octanol–water partition coefficient (Wildman–Crippen LogP) is 1.28. The van der Waals surface area contributed by atoms with E-state index in [-0.39, 0.29) is 18.1 Å². The second kappa shape index (κ2) is 6.83. The third kappa shape index (κ3) is 2.94. The maximum absolute atomic E-state index is 14.4. The molecule has 2 aromatic rings. The van der Waals surface area contributed by atoms with Crippen LogP contribution in [-0.2, 0) is 9.53 Å². The van der Waals surface area contributed by atoms with Crippen LogP contribution in [0.3, 0.4) is 0 Å². The molecule has 0 radical (unpaired) electrons. The van der Waals surface area contributed by atoms with Gasteiger partial charge in [-0.15, -0.1) is 0 Å². The number of hydrogen-bond acceptors (Lipinski definition) is 5. The summed E-state index contributed by atoms with van der Waals surface area (Å²) in [6.45, 7) is 1.52. The third-order valence-electron chi connectivity index (χ3n) is 4.70. The standard InChI is InChI=1S/C17H18FN5O3/c18-13-4-3-11(22-5-1-2-15(22)24)8-12(13)17(25)23-6-7-26-9-14(23)16-19-10-20-21-16/h3-4,8,10,14H,1-2,5-7,9H2,(H,19,20,21). The minimum Gasteiger partial charge on any atom is -0.377 e. The maximum Gasteiger partial charge on any atom is 0.257 e. The molecule has 8 nitrogen and oxygen atoms in total. The molecule has 2 aliphatic rings. The van der Waals surface area contributed by atoms with Gasteiger partial charge in [0.1, 0.15) is 24.0 Å². The van der Waals surface area contributed by atoms with Crippen molar-refractivity contribution in [1.82, 2.24) is 20.1 Å². The number of aromatic nitrogens is 3. The van der Waals surface area contributed by atoms with Gasteiger partial charge in [-0.3, -0.25) is 14.7 Å². The number of halogens is 1. The highest BCUT2D eigenvalue weighted by atomic mass is 19.1. The van der Waals surface area contributed by atoms with E-state index in [4.69, 9.17) is 4.74 Å². The molecule has 2 amide bonds. The molecular weight excluding hydrogens is 341 g/mol. The SMILES string of the molecule is O=C1CCCN1c1ccc(F)c(C(=O)N2CCOCC2c2ncn[nH]2)c1. The zero-order valence-corrected chi connectivity index (χ0v) is 14.0. The molecule has 1 atom stereocenters. The van der Waals surface area contributed by atoms with Crippen molar-refractivity contribution in [2.24, 2.45) is 0 Å². The van der Waals surface area contributed by atoms with Crippen molar-refractivity contribution in [2.75, 3.05) is 31.2 Å². The van der Waals surface area contributed by atoms with Crippen LogP contribution in [0.25, 0.3) is 0 Å². The molecule has 2 aliphatic heterocycles. The number of hydrogen-bond donors (Lipinski definition) is 1. The maximum atomic E-state index is 14.4. The van der Waals surface area contributed by atoms with Gasteiger partial charge >= 0.3 is 0 Å². The number of morpholine rings is 1. The number of ether oxygens (including phenoxy) is 1. The Hall–Kier alpha value is -2.81. The van der Waals surface area contributed by atoms with Crippen LogP contribution in [0.5, 0.6) is 0 Å². The minimum atomic E-state index is -0.617. The summed E-state index contributed by atoms with van der Waals surface area (Å²) in [6.07, 6.45) is 2.58. The smallest absolute Gasteiger partial charge is 0.257 e. The lowest BCUT2D eigenvalue weighted by atomic mass is 10.1. The summed E-state index contributed by atoms with van der Waals surface area (Å²) >= 11 is 0. The van der Waals surface area contributed by atoms with Gasteiger partial charge in [0, 0.05) is 25.2 Å². The monoisotopic (exact) mass is 359 g/mol. The number of nitrogens with one attached hydrogen (secondary N) is 1. The van der Waals surface area contributed by atoms with E-state index in [1.807, 2.05) is 0 Å². The number of carbonyl (C=O) groups excluding carboxylic acids is 2. The van der Waals surface area contributed by atoms with Gasteiger partial charge in [-0.25, -0.2) is 9.37 Å². The summed E-state index contributed by atoms with van der Waals surface area (Å²) < 4.78 is 19.9. The number of anilines is 1. The highest BCUT2D eigenvalue weighted by molar-refractivity contribution is 5.99. The lowest BCUT2D eigenvalue weighted by Crippen LogP contribution is -2.44. The number of carbonyl (C=O) groups is 2. The van der Waals surface area contributed by atoms with E-state index >= 15 is 0 Å². The number of rotatable bonds is 3. The van der Waals surface area contributed by atoms with E-state index in [9.17, 15) is 14.0 Å². The zero-order valence-electron chi connectivity index (χ0n) is 14.0. The average molecular weight is 359 g/mol. The van der Waals surface area contributed by atoms with Gasteiger partial charge in [0.05, 0.1) is 18.8 Å². The fraction of sp³-hybridized carbons (Fsp3) is 0.412. The van der Waals surface area contributed by atoms with Crippen LogP contribution < -0.4 is 4.90 Å². The molecular formula is C17H18FN5O3. The first-order valence-corrected chi connectivity index (χ1v) is 8.49. The molecule has 9 heteroatoms. The molecule has 2 fully saturated rings. The van der Waals surface area contributed by atoms with Gasteiger partial charge in [0.15, 0.2) is 0 Å². The first kappa shape index (κ1) is 16.6. The molecule has 1 aromatic heterocycles. The fourth-order valence-electron chi connectivity index (χ4n) is 3.37. The molecule has 0 bridgehead atoms. The number of nitrogens with zero attached hydrogens (tertiary/aromatic N) is 4. The molecule has 136 valence electrons. The first-order chi connectivity index (χ1) is 12.6. The van der Waals surface area contributed by atoms with Crippen LogP contribution in [0.15, 0.2) is 24.5 Å². The lowest BCUT2D eigenvalue weighted by Gasteiger charge is -2.34. The van der Waals surface area contributed by atoms with E-state index in [0.717, 1.165) is 6.42 Å². The number of amides is 2. The highest BCUT2D eigenvalue weighted by Gasteiger charge is 2.33. The van der Waals surface area contributed by atoms with Crippen LogP contribution in [-0.4, -0.2) is 58.2 Å². The van der Waals surface area contributed by atoms with Crippen LogP contribution in [0, 0.1) is 5.82 Å². The van der Waals surface area contributed by atoms with E-state index in [2.05, 4.69) is 15.2 Å². The van der Waals surface area contributed by atoms with Gasteiger partial charge in [-0.1, -0.05) is 0 Å². The molecule has 3 heterocycles.